The van der Waals surface area contributed by atoms with Crippen LogP contribution in [0.15, 0.2) is 30.5 Å². The molecule has 0 aliphatic carbocycles. The second-order valence-corrected chi connectivity index (χ2v) is 3.87. The number of hydrogen-bond donors (Lipinski definition) is 0. The van der Waals surface area contributed by atoms with E-state index in [0.717, 1.165) is 0 Å². The summed E-state index contributed by atoms with van der Waals surface area (Å²) in [7, 11) is 3.79. The van der Waals surface area contributed by atoms with Gasteiger partial charge in [0, 0.05) is 24.6 Å². The minimum atomic E-state index is 0.254. The smallest absolute Gasteiger partial charge is 0.351 e. The predicted molar refractivity (Wildman–Crippen MR) is 58.5 cm³/mol. The third-order valence-corrected chi connectivity index (χ3v) is 2.88. The molecule has 2 aromatic rings. The van der Waals surface area contributed by atoms with Crippen molar-refractivity contribution >= 4 is 18.4 Å². The Labute approximate surface area is 88.8 Å². The van der Waals surface area contributed by atoms with Gasteiger partial charge in [-0.2, -0.15) is 0 Å². The predicted octanol–water partition coefficient (Wildman–Crippen LogP) is 1.80. The average Bonchev–Trinajstić information content (AvgIpc) is 2.88. The Morgan fingerprint density at radius 3 is 3.13 bits per heavy atom. The molecular formula is C11H11BNO2. The number of aryl methyl sites for hydroxylation is 1. The molecule has 4 heteroatoms. The molecule has 3 nitrogen and oxygen atoms in total. The Kier molecular flexibility index (Phi) is 2.04. The van der Waals surface area contributed by atoms with E-state index in [1.54, 1.807) is 7.48 Å². The zero-order chi connectivity index (χ0) is 10.3. The summed E-state index contributed by atoms with van der Waals surface area (Å²) in [6.07, 6.45) is 2.07. The molecule has 75 valence electrons. The molecule has 0 saturated carbocycles. The summed E-state index contributed by atoms with van der Waals surface area (Å²) in [6.45, 7) is 0.607. The van der Waals surface area contributed by atoms with Crippen LogP contribution in [0.25, 0.3) is 10.9 Å². The van der Waals surface area contributed by atoms with Gasteiger partial charge >= 0.3 is 7.48 Å². The zero-order valence-electron chi connectivity index (χ0n) is 8.51. The van der Waals surface area contributed by atoms with Crippen molar-refractivity contribution in [2.75, 3.05) is 6.61 Å². The topological polar surface area (TPSA) is 23.4 Å². The minimum absolute atomic E-state index is 0.254. The van der Waals surface area contributed by atoms with Gasteiger partial charge in [-0.05, 0) is 23.1 Å². The van der Waals surface area contributed by atoms with E-state index in [-0.39, 0.29) is 5.82 Å². The van der Waals surface area contributed by atoms with Crippen molar-refractivity contribution in [2.24, 2.45) is 7.05 Å². The fourth-order valence-electron chi connectivity index (χ4n) is 1.94. The normalized spacial score (nSPS) is 20.7. The Morgan fingerprint density at radius 2 is 2.33 bits per heavy atom. The maximum absolute atomic E-state index is 4.87. The molecule has 15 heavy (non-hydrogen) atoms. The highest BCUT2D eigenvalue weighted by Crippen LogP contribution is 2.24. The third kappa shape index (κ3) is 1.46. The van der Waals surface area contributed by atoms with Gasteiger partial charge in [0.25, 0.3) is 0 Å². The van der Waals surface area contributed by atoms with E-state index in [4.69, 9.17) is 9.69 Å². The van der Waals surface area contributed by atoms with Crippen LogP contribution in [0.4, 0.5) is 0 Å². The molecule has 2 heterocycles. The first-order valence-corrected chi connectivity index (χ1v) is 5.01. The van der Waals surface area contributed by atoms with Crippen LogP contribution in [-0.2, 0) is 16.7 Å². The van der Waals surface area contributed by atoms with Crippen molar-refractivity contribution in [3.05, 3.63) is 36.0 Å². The van der Waals surface area contributed by atoms with Crippen LogP contribution in [-0.4, -0.2) is 18.7 Å². The fraction of sp³-hybridized carbons (Fsp3) is 0.273. The van der Waals surface area contributed by atoms with Gasteiger partial charge in [-0.15, -0.1) is 0 Å². The minimum Gasteiger partial charge on any atom is -0.351 e. The molecule has 3 rings (SSSR count). The second-order valence-electron chi connectivity index (χ2n) is 3.87. The molecule has 1 atom stereocenters. The van der Waals surface area contributed by atoms with E-state index in [2.05, 4.69) is 42.1 Å². The average molecular weight is 200 g/mol. The first kappa shape index (κ1) is 9.01. The van der Waals surface area contributed by atoms with E-state index in [1.165, 1.54) is 16.5 Å². The number of fused-ring (bicyclic) bond motifs is 1. The first-order valence-electron chi connectivity index (χ1n) is 5.01. The lowest BCUT2D eigenvalue weighted by Gasteiger charge is -2.06. The van der Waals surface area contributed by atoms with E-state index < -0.39 is 0 Å². The molecule has 1 aromatic heterocycles. The molecule has 0 N–H and O–H groups in total. The maximum Gasteiger partial charge on any atom is 0.354 e. The zero-order valence-corrected chi connectivity index (χ0v) is 8.51. The van der Waals surface area contributed by atoms with Crippen LogP contribution in [0, 0.1) is 0 Å². The highest BCUT2D eigenvalue weighted by atomic mass is 17.2. The largest absolute Gasteiger partial charge is 0.354 e. The van der Waals surface area contributed by atoms with Crippen molar-refractivity contribution in [1.29, 1.82) is 0 Å². The number of hydrogen-bond acceptors (Lipinski definition) is 2. The Balaban J connectivity index is 2.08. The molecule has 1 radical (unpaired) electrons. The van der Waals surface area contributed by atoms with Crippen molar-refractivity contribution < 1.29 is 9.69 Å². The van der Waals surface area contributed by atoms with Crippen LogP contribution >= 0.6 is 0 Å². The summed E-state index contributed by atoms with van der Waals surface area (Å²) in [5.74, 6) is 0.254. The fourth-order valence-corrected chi connectivity index (χ4v) is 1.94. The van der Waals surface area contributed by atoms with E-state index in [0.29, 0.717) is 6.61 Å². The van der Waals surface area contributed by atoms with Gasteiger partial charge in [0.1, 0.15) is 0 Å². The first-order chi connectivity index (χ1) is 7.34. The summed E-state index contributed by atoms with van der Waals surface area (Å²) in [6, 6.07) is 8.57. The Morgan fingerprint density at radius 1 is 1.40 bits per heavy atom. The molecular weight excluding hydrogens is 189 g/mol. The number of aromatic nitrogens is 1. The van der Waals surface area contributed by atoms with Crippen molar-refractivity contribution in [2.45, 2.75) is 5.82 Å². The van der Waals surface area contributed by atoms with Crippen LogP contribution < -0.4 is 0 Å². The molecule has 1 fully saturated rings. The number of benzene rings is 1. The highest BCUT2D eigenvalue weighted by molar-refractivity contribution is 6.30. The summed E-state index contributed by atoms with van der Waals surface area (Å²) >= 11 is 0. The standard InChI is InChI=1S/C11H11BNO2/c1-13-5-4-8-2-3-9(6-11(8)13)10-7-14-15-12-10/h2-6,10H,7H2,1H3. The Hall–Kier alpha value is -1.26. The van der Waals surface area contributed by atoms with E-state index in [9.17, 15) is 0 Å². The molecule has 0 amide bonds. The van der Waals surface area contributed by atoms with Gasteiger partial charge in [-0.25, -0.2) is 0 Å². The summed E-state index contributed by atoms with van der Waals surface area (Å²) in [5.41, 5.74) is 2.48. The third-order valence-electron chi connectivity index (χ3n) is 2.88. The monoisotopic (exact) mass is 200 g/mol. The van der Waals surface area contributed by atoms with Gasteiger partial charge < -0.3 is 9.37 Å². The summed E-state index contributed by atoms with van der Waals surface area (Å²) < 4.78 is 2.12. The van der Waals surface area contributed by atoms with Gasteiger partial charge in [0.15, 0.2) is 0 Å². The second kappa shape index (κ2) is 3.40. The van der Waals surface area contributed by atoms with Crippen molar-refractivity contribution in [1.82, 2.24) is 4.57 Å². The molecule has 1 saturated heterocycles. The lowest BCUT2D eigenvalue weighted by molar-refractivity contribution is -0.183. The molecule has 1 aliphatic heterocycles. The number of rotatable bonds is 1. The molecule has 1 unspecified atom stereocenters. The van der Waals surface area contributed by atoms with Crippen molar-refractivity contribution in [3.63, 3.8) is 0 Å². The van der Waals surface area contributed by atoms with Crippen LogP contribution in [0.3, 0.4) is 0 Å². The van der Waals surface area contributed by atoms with Gasteiger partial charge in [0.05, 0.1) is 6.61 Å². The molecule has 0 spiro atoms. The summed E-state index contributed by atoms with van der Waals surface area (Å²) in [4.78, 5) is 9.68. The van der Waals surface area contributed by atoms with Crippen molar-refractivity contribution in [3.8, 4) is 0 Å². The molecule has 1 aromatic carbocycles. The van der Waals surface area contributed by atoms with E-state index >= 15 is 0 Å². The molecule has 1 aliphatic rings. The summed E-state index contributed by atoms with van der Waals surface area (Å²) in [5, 5.41) is 1.26. The van der Waals surface area contributed by atoms with Crippen LogP contribution in [0.5, 0.6) is 0 Å². The molecule has 0 bridgehead atoms. The Bertz CT molecular complexity index is 488. The quantitative estimate of drug-likeness (QED) is 0.517. The van der Waals surface area contributed by atoms with Crippen LogP contribution in [0.1, 0.15) is 11.4 Å². The van der Waals surface area contributed by atoms with Gasteiger partial charge in [-0.1, -0.05) is 12.1 Å². The highest BCUT2D eigenvalue weighted by Gasteiger charge is 2.22. The lowest BCUT2D eigenvalue weighted by Crippen LogP contribution is -2.04. The van der Waals surface area contributed by atoms with E-state index in [1.807, 2.05) is 0 Å². The number of nitrogens with zero attached hydrogens (tertiary/aromatic N) is 1. The lowest BCUT2D eigenvalue weighted by atomic mass is 9.76. The maximum atomic E-state index is 4.87. The van der Waals surface area contributed by atoms with Crippen LogP contribution in [0.2, 0.25) is 0 Å². The SMILES string of the molecule is Cn1ccc2ccc(C3[B]OOC3)cc21. The van der Waals surface area contributed by atoms with Gasteiger partial charge in [0.2, 0.25) is 0 Å². The van der Waals surface area contributed by atoms with Gasteiger partial charge in [-0.3, -0.25) is 4.89 Å².